The smallest absolute Gasteiger partial charge is 0.340 e. The Kier molecular flexibility index (Phi) is 1.58. The Labute approximate surface area is 67.3 Å². The minimum Gasteiger partial charge on any atom is -0.431 e. The summed E-state index contributed by atoms with van der Waals surface area (Å²) in [6, 6.07) is 0. The van der Waals surface area contributed by atoms with Gasteiger partial charge in [-0.05, 0) is 0 Å². The molecule has 2 aliphatic heterocycles. The van der Waals surface area contributed by atoms with Crippen LogP contribution in [0.25, 0.3) is 0 Å². The van der Waals surface area contributed by atoms with E-state index in [0.717, 1.165) is 0 Å². The molecule has 0 aromatic carbocycles. The van der Waals surface area contributed by atoms with Gasteiger partial charge < -0.3 is 24.8 Å². The maximum absolute atomic E-state index is 10.8. The van der Waals surface area contributed by atoms with Crippen molar-refractivity contribution < 1.29 is 29.6 Å². The van der Waals surface area contributed by atoms with Crippen LogP contribution in [0.5, 0.6) is 0 Å². The summed E-state index contributed by atoms with van der Waals surface area (Å²) in [5, 5.41) is 27.4. The van der Waals surface area contributed by atoms with Crippen LogP contribution in [-0.2, 0) is 14.3 Å². The first-order valence-electron chi connectivity index (χ1n) is 3.51. The number of rotatable bonds is 0. The summed E-state index contributed by atoms with van der Waals surface area (Å²) in [7, 11) is 0. The molecule has 12 heavy (non-hydrogen) atoms. The lowest BCUT2D eigenvalue weighted by Gasteiger charge is -2.30. The molecule has 2 bridgehead atoms. The maximum Gasteiger partial charge on any atom is 0.340 e. The topological polar surface area (TPSA) is 96.2 Å². The van der Waals surface area contributed by atoms with Crippen LogP contribution in [0.15, 0.2) is 0 Å². The number of aliphatic hydroxyl groups is 3. The molecule has 1 unspecified atom stereocenters. The quantitative estimate of drug-likeness (QED) is 0.349. The molecule has 6 nitrogen and oxygen atoms in total. The first-order valence-corrected chi connectivity index (χ1v) is 3.51. The summed E-state index contributed by atoms with van der Waals surface area (Å²) in [5.74, 6) is -0.747. The second kappa shape index (κ2) is 2.40. The first kappa shape index (κ1) is 7.93. The van der Waals surface area contributed by atoms with Gasteiger partial charge in [0.1, 0.15) is 18.3 Å². The SMILES string of the molecule is O=C1OC2O[C@H]1[C@@H](O)[C@H](O)[C@H]2O. The minimum atomic E-state index is -1.41. The van der Waals surface area contributed by atoms with Crippen LogP contribution in [0.1, 0.15) is 0 Å². The van der Waals surface area contributed by atoms with Crippen molar-refractivity contribution in [3.63, 3.8) is 0 Å². The van der Waals surface area contributed by atoms with Crippen LogP contribution < -0.4 is 0 Å². The molecular weight excluding hydrogens is 168 g/mol. The van der Waals surface area contributed by atoms with E-state index in [1.165, 1.54) is 0 Å². The lowest BCUT2D eigenvalue weighted by atomic mass is 10.0. The van der Waals surface area contributed by atoms with E-state index in [1.807, 2.05) is 0 Å². The fourth-order valence-electron chi connectivity index (χ4n) is 1.32. The van der Waals surface area contributed by atoms with E-state index in [-0.39, 0.29) is 0 Å². The second-order valence-corrected chi connectivity index (χ2v) is 2.83. The molecule has 0 amide bonds. The molecule has 0 aliphatic carbocycles. The Morgan fingerprint density at radius 2 is 1.75 bits per heavy atom. The van der Waals surface area contributed by atoms with Crippen molar-refractivity contribution in [3.05, 3.63) is 0 Å². The average molecular weight is 176 g/mol. The second-order valence-electron chi connectivity index (χ2n) is 2.83. The number of aliphatic hydroxyl groups excluding tert-OH is 3. The number of hydrogen-bond acceptors (Lipinski definition) is 6. The molecule has 0 aromatic rings. The molecule has 3 N–H and O–H groups in total. The molecule has 0 saturated carbocycles. The number of carbonyl (C=O) groups excluding carboxylic acids is 1. The third-order valence-corrected chi connectivity index (χ3v) is 2.03. The maximum atomic E-state index is 10.8. The van der Waals surface area contributed by atoms with Crippen molar-refractivity contribution in [1.29, 1.82) is 0 Å². The summed E-state index contributed by atoms with van der Waals surface area (Å²) in [6.45, 7) is 0. The summed E-state index contributed by atoms with van der Waals surface area (Å²) < 4.78 is 9.28. The van der Waals surface area contributed by atoms with Crippen molar-refractivity contribution in [2.24, 2.45) is 0 Å². The molecule has 2 saturated heterocycles. The number of esters is 1. The zero-order chi connectivity index (χ0) is 8.88. The lowest BCUT2D eigenvalue weighted by Crippen LogP contribution is -2.54. The Morgan fingerprint density at radius 3 is 2.42 bits per heavy atom. The van der Waals surface area contributed by atoms with Gasteiger partial charge in [0.25, 0.3) is 0 Å². The predicted molar refractivity (Wildman–Crippen MR) is 32.8 cm³/mol. The highest BCUT2D eigenvalue weighted by atomic mass is 16.8. The first-order chi connectivity index (χ1) is 5.61. The van der Waals surface area contributed by atoms with Gasteiger partial charge in [0.05, 0.1) is 0 Å². The van der Waals surface area contributed by atoms with E-state index in [2.05, 4.69) is 4.74 Å². The molecule has 0 spiro atoms. The molecule has 6 heteroatoms. The zero-order valence-electron chi connectivity index (χ0n) is 5.95. The normalized spacial score (nSPS) is 52.2. The monoisotopic (exact) mass is 176 g/mol. The Balaban J connectivity index is 2.25. The highest BCUT2D eigenvalue weighted by Crippen LogP contribution is 2.28. The van der Waals surface area contributed by atoms with Gasteiger partial charge in [0.2, 0.25) is 6.29 Å². The molecule has 0 aromatic heterocycles. The number of fused-ring (bicyclic) bond motifs is 2. The average Bonchev–Trinajstić information content (AvgIpc) is 2.39. The lowest BCUT2D eigenvalue weighted by molar-refractivity contribution is -0.228. The summed E-state index contributed by atoms with van der Waals surface area (Å²) in [4.78, 5) is 10.8. The highest BCUT2D eigenvalue weighted by molar-refractivity contribution is 5.77. The molecule has 0 radical (unpaired) electrons. The van der Waals surface area contributed by atoms with Crippen LogP contribution in [0.4, 0.5) is 0 Å². The van der Waals surface area contributed by atoms with Gasteiger partial charge in [-0.25, -0.2) is 4.79 Å². The standard InChI is InChI=1S/C6H8O6/c7-1-2(8)4-5(10)12-6(11-4)3(1)9/h1-4,6-9H/t1-,2-,3+,4-,6?/m0/s1. The number of carbonyl (C=O) groups is 1. The van der Waals surface area contributed by atoms with E-state index in [9.17, 15) is 4.79 Å². The van der Waals surface area contributed by atoms with Crippen LogP contribution in [-0.4, -0.2) is 52.0 Å². The van der Waals surface area contributed by atoms with Gasteiger partial charge in [-0.1, -0.05) is 0 Å². The summed E-state index contributed by atoms with van der Waals surface area (Å²) in [6.07, 6.45) is -6.47. The predicted octanol–water partition coefficient (Wildman–Crippen LogP) is -2.65. The fraction of sp³-hybridized carbons (Fsp3) is 0.833. The van der Waals surface area contributed by atoms with Gasteiger partial charge in [-0.2, -0.15) is 0 Å². The molecule has 2 rings (SSSR count). The van der Waals surface area contributed by atoms with Gasteiger partial charge in [0.15, 0.2) is 6.10 Å². The fourth-order valence-corrected chi connectivity index (χ4v) is 1.32. The van der Waals surface area contributed by atoms with Crippen molar-refractivity contribution >= 4 is 5.97 Å². The molecular formula is C6H8O6. The van der Waals surface area contributed by atoms with Crippen molar-refractivity contribution in [3.8, 4) is 0 Å². The van der Waals surface area contributed by atoms with Crippen LogP contribution >= 0.6 is 0 Å². The third-order valence-electron chi connectivity index (χ3n) is 2.03. The number of ether oxygens (including phenoxy) is 2. The van der Waals surface area contributed by atoms with E-state index in [4.69, 9.17) is 20.1 Å². The molecule has 5 atom stereocenters. The zero-order valence-corrected chi connectivity index (χ0v) is 5.95. The van der Waals surface area contributed by atoms with Crippen molar-refractivity contribution in [2.45, 2.75) is 30.7 Å². The van der Waals surface area contributed by atoms with E-state index >= 15 is 0 Å². The largest absolute Gasteiger partial charge is 0.431 e. The van der Waals surface area contributed by atoms with Gasteiger partial charge in [-0.15, -0.1) is 0 Å². The van der Waals surface area contributed by atoms with Crippen LogP contribution in [0, 0.1) is 0 Å². The third kappa shape index (κ3) is 0.862. The van der Waals surface area contributed by atoms with Gasteiger partial charge in [0, 0.05) is 0 Å². The summed E-state index contributed by atoms with van der Waals surface area (Å²) in [5.41, 5.74) is 0. The van der Waals surface area contributed by atoms with Crippen LogP contribution in [0.3, 0.4) is 0 Å². The molecule has 2 fully saturated rings. The Hall–Kier alpha value is -0.690. The van der Waals surface area contributed by atoms with Gasteiger partial charge in [-0.3, -0.25) is 0 Å². The van der Waals surface area contributed by atoms with Crippen molar-refractivity contribution in [2.75, 3.05) is 0 Å². The highest BCUT2D eigenvalue weighted by Gasteiger charge is 2.54. The van der Waals surface area contributed by atoms with Crippen LogP contribution in [0.2, 0.25) is 0 Å². The van der Waals surface area contributed by atoms with E-state index in [0.29, 0.717) is 0 Å². The van der Waals surface area contributed by atoms with Crippen molar-refractivity contribution in [1.82, 2.24) is 0 Å². The van der Waals surface area contributed by atoms with E-state index in [1.54, 1.807) is 0 Å². The molecule has 2 heterocycles. The summed E-state index contributed by atoms with van der Waals surface area (Å²) >= 11 is 0. The van der Waals surface area contributed by atoms with E-state index < -0.39 is 36.7 Å². The minimum absolute atomic E-state index is 0.747. The Bertz CT molecular complexity index is 214. The Morgan fingerprint density at radius 1 is 1.08 bits per heavy atom. The molecule has 68 valence electrons. The van der Waals surface area contributed by atoms with Gasteiger partial charge >= 0.3 is 5.97 Å². The molecule has 2 aliphatic rings. The number of hydrogen-bond donors (Lipinski definition) is 3.